The summed E-state index contributed by atoms with van der Waals surface area (Å²) in [6, 6.07) is 19.9. The molecule has 2 aromatic carbocycles. The first-order valence-electron chi connectivity index (χ1n) is 9.42. The maximum Gasteiger partial charge on any atom is 0.225 e. The second-order valence-electron chi connectivity index (χ2n) is 6.86. The van der Waals surface area contributed by atoms with Crippen LogP contribution in [0.25, 0.3) is 11.3 Å². The third-order valence-electron chi connectivity index (χ3n) is 4.28. The second kappa shape index (κ2) is 10.1. The highest BCUT2D eigenvalue weighted by Crippen LogP contribution is 2.22. The molecule has 0 saturated carbocycles. The molecule has 0 aliphatic heterocycles. The first kappa shape index (κ1) is 20.1. The van der Waals surface area contributed by atoms with Crippen LogP contribution >= 0.6 is 11.6 Å². The number of nitrogens with zero attached hydrogens (tertiary/aromatic N) is 3. The highest BCUT2D eigenvalue weighted by Gasteiger charge is 2.08. The van der Waals surface area contributed by atoms with Gasteiger partial charge in [-0.2, -0.15) is 4.98 Å². The molecule has 0 radical (unpaired) electrons. The Labute approximate surface area is 171 Å². The van der Waals surface area contributed by atoms with E-state index in [1.165, 1.54) is 0 Å². The van der Waals surface area contributed by atoms with Crippen LogP contribution in [0, 0.1) is 0 Å². The molecular weight excluding hydrogens is 370 g/mol. The van der Waals surface area contributed by atoms with Crippen molar-refractivity contribution in [3.05, 3.63) is 71.2 Å². The Bertz CT molecular complexity index is 883. The predicted molar refractivity (Wildman–Crippen MR) is 118 cm³/mol. The van der Waals surface area contributed by atoms with Crippen LogP contribution in [0.15, 0.2) is 60.7 Å². The van der Waals surface area contributed by atoms with Crippen LogP contribution in [-0.4, -0.2) is 42.1 Å². The monoisotopic (exact) mass is 395 g/mol. The van der Waals surface area contributed by atoms with E-state index in [9.17, 15) is 0 Å². The summed E-state index contributed by atoms with van der Waals surface area (Å²) in [7, 11) is 4.16. The van der Waals surface area contributed by atoms with E-state index < -0.39 is 0 Å². The Morgan fingerprint density at radius 3 is 2.43 bits per heavy atom. The van der Waals surface area contributed by atoms with E-state index in [4.69, 9.17) is 16.6 Å². The average Bonchev–Trinajstić information content (AvgIpc) is 2.71. The molecule has 1 aromatic heterocycles. The van der Waals surface area contributed by atoms with Crippen LogP contribution in [0.5, 0.6) is 0 Å². The minimum Gasteiger partial charge on any atom is -0.370 e. The minimum absolute atomic E-state index is 0.567. The molecule has 0 saturated heterocycles. The summed E-state index contributed by atoms with van der Waals surface area (Å²) in [5.41, 5.74) is 2.95. The smallest absolute Gasteiger partial charge is 0.225 e. The second-order valence-corrected chi connectivity index (χ2v) is 7.26. The molecule has 3 aromatic rings. The van der Waals surface area contributed by atoms with Crippen molar-refractivity contribution in [1.82, 2.24) is 14.9 Å². The van der Waals surface area contributed by atoms with Gasteiger partial charge in [0.15, 0.2) is 0 Å². The van der Waals surface area contributed by atoms with Gasteiger partial charge in [0, 0.05) is 29.7 Å². The van der Waals surface area contributed by atoms with Gasteiger partial charge in [-0.1, -0.05) is 60.1 Å². The van der Waals surface area contributed by atoms with Crippen LogP contribution in [0.4, 0.5) is 11.8 Å². The molecule has 0 amide bonds. The van der Waals surface area contributed by atoms with Crippen molar-refractivity contribution >= 4 is 23.4 Å². The molecule has 6 heteroatoms. The van der Waals surface area contributed by atoms with Gasteiger partial charge < -0.3 is 15.5 Å². The zero-order chi connectivity index (χ0) is 19.8. The van der Waals surface area contributed by atoms with Crippen molar-refractivity contribution in [3.63, 3.8) is 0 Å². The highest BCUT2D eigenvalue weighted by molar-refractivity contribution is 6.31. The summed E-state index contributed by atoms with van der Waals surface area (Å²) < 4.78 is 0. The van der Waals surface area contributed by atoms with Crippen molar-refractivity contribution in [2.75, 3.05) is 37.8 Å². The van der Waals surface area contributed by atoms with Gasteiger partial charge in [0.25, 0.3) is 0 Å². The fourth-order valence-corrected chi connectivity index (χ4v) is 3.00. The van der Waals surface area contributed by atoms with E-state index in [0.717, 1.165) is 47.2 Å². The molecule has 0 unspecified atom stereocenters. The lowest BCUT2D eigenvalue weighted by Gasteiger charge is -2.13. The van der Waals surface area contributed by atoms with Crippen LogP contribution in [0.3, 0.4) is 0 Å². The van der Waals surface area contributed by atoms with E-state index >= 15 is 0 Å². The largest absolute Gasteiger partial charge is 0.370 e. The lowest BCUT2D eigenvalue weighted by Crippen LogP contribution is -2.17. The maximum atomic E-state index is 6.26. The number of hydrogen-bond acceptors (Lipinski definition) is 5. The lowest BCUT2D eigenvalue weighted by molar-refractivity contribution is 0.405. The molecule has 2 N–H and O–H groups in total. The Hall–Kier alpha value is -2.63. The van der Waals surface area contributed by atoms with Gasteiger partial charge in [-0.25, -0.2) is 4.98 Å². The standard InChI is InChI=1S/C22H26ClN5/c1-28(2)14-8-13-24-21-15-20(17-9-4-3-5-10-17)26-22(27-21)25-16-18-11-6-7-12-19(18)23/h3-7,9-12,15H,8,13-14,16H2,1-2H3,(H2,24,25,26,27). The number of halogens is 1. The summed E-state index contributed by atoms with van der Waals surface area (Å²) in [4.78, 5) is 11.5. The van der Waals surface area contributed by atoms with Crippen LogP contribution in [0.2, 0.25) is 5.02 Å². The first-order chi connectivity index (χ1) is 13.6. The van der Waals surface area contributed by atoms with Crippen LogP contribution < -0.4 is 10.6 Å². The number of nitrogens with one attached hydrogen (secondary N) is 2. The third kappa shape index (κ3) is 5.94. The van der Waals surface area contributed by atoms with Crippen molar-refractivity contribution < 1.29 is 0 Å². The third-order valence-corrected chi connectivity index (χ3v) is 4.65. The molecule has 0 spiro atoms. The molecule has 28 heavy (non-hydrogen) atoms. The Morgan fingerprint density at radius 2 is 1.68 bits per heavy atom. The van der Waals surface area contributed by atoms with Crippen molar-refractivity contribution in [2.24, 2.45) is 0 Å². The van der Waals surface area contributed by atoms with E-state index in [-0.39, 0.29) is 0 Å². The molecule has 0 aliphatic rings. The highest BCUT2D eigenvalue weighted by atomic mass is 35.5. The SMILES string of the molecule is CN(C)CCCNc1cc(-c2ccccc2)nc(NCc2ccccc2Cl)n1. The Kier molecular flexibility index (Phi) is 7.23. The maximum absolute atomic E-state index is 6.26. The molecule has 146 valence electrons. The summed E-state index contributed by atoms with van der Waals surface area (Å²) in [6.07, 6.45) is 1.04. The molecule has 0 bridgehead atoms. The van der Waals surface area contributed by atoms with Gasteiger partial charge in [-0.15, -0.1) is 0 Å². The van der Waals surface area contributed by atoms with Gasteiger partial charge in [0.05, 0.1) is 5.69 Å². The minimum atomic E-state index is 0.567. The number of anilines is 2. The van der Waals surface area contributed by atoms with Gasteiger partial charge in [0.1, 0.15) is 5.82 Å². The van der Waals surface area contributed by atoms with Gasteiger partial charge >= 0.3 is 0 Å². The molecule has 1 heterocycles. The van der Waals surface area contributed by atoms with E-state index in [1.807, 2.05) is 48.5 Å². The average molecular weight is 396 g/mol. The van der Waals surface area contributed by atoms with Crippen LogP contribution in [-0.2, 0) is 6.54 Å². The number of rotatable bonds is 9. The van der Waals surface area contributed by atoms with Crippen molar-refractivity contribution in [3.8, 4) is 11.3 Å². The van der Waals surface area contributed by atoms with Crippen molar-refractivity contribution in [1.29, 1.82) is 0 Å². The molecule has 5 nitrogen and oxygen atoms in total. The summed E-state index contributed by atoms with van der Waals surface area (Å²) in [5, 5.41) is 7.46. The molecule has 0 atom stereocenters. The Morgan fingerprint density at radius 1 is 0.929 bits per heavy atom. The summed E-state index contributed by atoms with van der Waals surface area (Å²) in [6.45, 7) is 2.45. The van der Waals surface area contributed by atoms with Crippen LogP contribution in [0.1, 0.15) is 12.0 Å². The van der Waals surface area contributed by atoms with E-state index in [2.05, 4.69) is 46.7 Å². The number of benzene rings is 2. The molecular formula is C22H26ClN5. The van der Waals surface area contributed by atoms with Gasteiger partial charge in [-0.3, -0.25) is 0 Å². The molecule has 0 aliphatic carbocycles. The predicted octanol–water partition coefficient (Wildman–Crippen LogP) is 4.77. The number of hydrogen-bond donors (Lipinski definition) is 2. The molecule has 3 rings (SSSR count). The number of aromatic nitrogens is 2. The zero-order valence-electron chi connectivity index (χ0n) is 16.3. The van der Waals surface area contributed by atoms with E-state index in [1.54, 1.807) is 0 Å². The van der Waals surface area contributed by atoms with Gasteiger partial charge in [0.2, 0.25) is 5.95 Å². The normalized spacial score (nSPS) is 10.9. The summed E-state index contributed by atoms with van der Waals surface area (Å²) >= 11 is 6.26. The Balaban J connectivity index is 1.77. The zero-order valence-corrected chi connectivity index (χ0v) is 17.1. The quantitative estimate of drug-likeness (QED) is 0.511. The van der Waals surface area contributed by atoms with Crippen molar-refractivity contribution in [2.45, 2.75) is 13.0 Å². The summed E-state index contributed by atoms with van der Waals surface area (Å²) in [5.74, 6) is 1.39. The fourth-order valence-electron chi connectivity index (χ4n) is 2.80. The topological polar surface area (TPSA) is 53.1 Å². The van der Waals surface area contributed by atoms with E-state index in [0.29, 0.717) is 12.5 Å². The first-order valence-corrected chi connectivity index (χ1v) is 9.80. The fraction of sp³-hybridized carbons (Fsp3) is 0.273. The molecule has 0 fully saturated rings. The van der Waals surface area contributed by atoms with Gasteiger partial charge in [-0.05, 0) is 38.7 Å². The lowest BCUT2D eigenvalue weighted by atomic mass is 10.1.